The van der Waals surface area contributed by atoms with E-state index in [0.29, 0.717) is 33.3 Å². The second-order valence-corrected chi connectivity index (χ2v) is 7.43. The molecule has 7 nitrogen and oxygen atoms in total. The molecule has 0 fully saturated rings. The molecule has 0 saturated carbocycles. The standard InChI is InChI=1S/C22H19FN2O5S/c1-2-28-22(27)20-16(13-3-5-14(23)6-4-13)11-31-21(20)25-19(26)10-24-15-7-8-17-18(9-15)30-12-29-17/h3-9,11,24H,2,10,12H2,1H3,(H,25,26). The maximum atomic E-state index is 13.3. The number of nitrogens with one attached hydrogen (secondary N) is 2. The van der Waals surface area contributed by atoms with Gasteiger partial charge in [-0.1, -0.05) is 12.1 Å². The molecule has 0 aliphatic carbocycles. The fourth-order valence-corrected chi connectivity index (χ4v) is 4.03. The molecule has 1 aromatic heterocycles. The minimum Gasteiger partial charge on any atom is -0.462 e. The number of carbonyl (C=O) groups excluding carboxylic acids is 2. The molecule has 160 valence electrons. The maximum Gasteiger partial charge on any atom is 0.341 e. The van der Waals surface area contributed by atoms with Gasteiger partial charge >= 0.3 is 5.97 Å². The minimum atomic E-state index is -0.554. The van der Waals surface area contributed by atoms with Crippen molar-refractivity contribution >= 4 is 33.9 Å². The van der Waals surface area contributed by atoms with Crippen LogP contribution in [0.2, 0.25) is 0 Å². The van der Waals surface area contributed by atoms with Gasteiger partial charge in [0.25, 0.3) is 0 Å². The molecular formula is C22H19FN2O5S. The number of benzene rings is 2. The van der Waals surface area contributed by atoms with Crippen molar-refractivity contribution in [2.75, 3.05) is 30.6 Å². The molecule has 0 unspecified atom stereocenters. The summed E-state index contributed by atoms with van der Waals surface area (Å²) in [5.41, 5.74) is 2.17. The Balaban J connectivity index is 1.49. The number of fused-ring (bicyclic) bond motifs is 1. The predicted octanol–water partition coefficient (Wildman–Crippen LogP) is 4.51. The fraction of sp³-hybridized carbons (Fsp3) is 0.182. The van der Waals surface area contributed by atoms with Crippen molar-refractivity contribution in [2.45, 2.75) is 6.92 Å². The summed E-state index contributed by atoms with van der Waals surface area (Å²) in [5, 5.41) is 7.88. The summed E-state index contributed by atoms with van der Waals surface area (Å²) in [6.07, 6.45) is 0. The van der Waals surface area contributed by atoms with E-state index in [4.69, 9.17) is 14.2 Å². The van der Waals surface area contributed by atoms with Gasteiger partial charge in [0.15, 0.2) is 11.5 Å². The zero-order chi connectivity index (χ0) is 21.8. The van der Waals surface area contributed by atoms with E-state index in [-0.39, 0.29) is 37.2 Å². The number of halogens is 1. The van der Waals surface area contributed by atoms with Crippen molar-refractivity contribution in [1.82, 2.24) is 0 Å². The van der Waals surface area contributed by atoms with Crippen LogP contribution >= 0.6 is 11.3 Å². The second-order valence-electron chi connectivity index (χ2n) is 6.55. The van der Waals surface area contributed by atoms with Crippen LogP contribution in [0.25, 0.3) is 11.1 Å². The van der Waals surface area contributed by atoms with Crippen LogP contribution in [0.15, 0.2) is 47.8 Å². The second kappa shape index (κ2) is 9.05. The van der Waals surface area contributed by atoms with E-state index in [1.807, 2.05) is 0 Å². The zero-order valence-electron chi connectivity index (χ0n) is 16.6. The molecule has 1 aliphatic rings. The summed E-state index contributed by atoms with van der Waals surface area (Å²) in [4.78, 5) is 25.1. The van der Waals surface area contributed by atoms with E-state index in [0.717, 1.165) is 0 Å². The van der Waals surface area contributed by atoms with E-state index in [9.17, 15) is 14.0 Å². The van der Waals surface area contributed by atoms with Crippen LogP contribution in [0.4, 0.5) is 15.1 Å². The highest BCUT2D eigenvalue weighted by molar-refractivity contribution is 7.15. The van der Waals surface area contributed by atoms with Gasteiger partial charge in [-0.2, -0.15) is 0 Å². The molecule has 0 radical (unpaired) electrons. The van der Waals surface area contributed by atoms with Gasteiger partial charge in [-0.3, -0.25) is 4.79 Å². The molecule has 9 heteroatoms. The van der Waals surface area contributed by atoms with Crippen molar-refractivity contribution in [2.24, 2.45) is 0 Å². The smallest absolute Gasteiger partial charge is 0.341 e. The fourth-order valence-electron chi connectivity index (χ4n) is 3.06. The van der Waals surface area contributed by atoms with Gasteiger partial charge in [0.2, 0.25) is 12.7 Å². The third-order valence-corrected chi connectivity index (χ3v) is 5.40. The van der Waals surface area contributed by atoms with E-state index in [1.165, 1.54) is 23.5 Å². The first kappa shape index (κ1) is 20.7. The molecule has 1 aliphatic heterocycles. The minimum absolute atomic E-state index is 0.0221. The summed E-state index contributed by atoms with van der Waals surface area (Å²) >= 11 is 1.20. The highest BCUT2D eigenvalue weighted by atomic mass is 32.1. The van der Waals surface area contributed by atoms with Crippen LogP contribution in [0, 0.1) is 5.82 Å². The molecule has 3 aromatic rings. The van der Waals surface area contributed by atoms with Gasteiger partial charge in [-0.05, 0) is 36.8 Å². The molecule has 2 aromatic carbocycles. The summed E-state index contributed by atoms with van der Waals surface area (Å²) < 4.78 is 29.0. The lowest BCUT2D eigenvalue weighted by Crippen LogP contribution is -2.22. The molecule has 0 spiro atoms. The molecule has 2 heterocycles. The lowest BCUT2D eigenvalue weighted by Gasteiger charge is -2.10. The zero-order valence-corrected chi connectivity index (χ0v) is 17.4. The lowest BCUT2D eigenvalue weighted by molar-refractivity contribution is -0.114. The van der Waals surface area contributed by atoms with Crippen LogP contribution in [0.5, 0.6) is 11.5 Å². The van der Waals surface area contributed by atoms with Crippen LogP contribution in [-0.2, 0) is 9.53 Å². The van der Waals surface area contributed by atoms with E-state index in [2.05, 4.69) is 10.6 Å². The Morgan fingerprint density at radius 1 is 1.13 bits per heavy atom. The van der Waals surface area contributed by atoms with E-state index in [1.54, 1.807) is 42.6 Å². The van der Waals surface area contributed by atoms with Crippen LogP contribution in [0.3, 0.4) is 0 Å². The van der Waals surface area contributed by atoms with Gasteiger partial charge in [-0.25, -0.2) is 9.18 Å². The average molecular weight is 442 g/mol. The third-order valence-electron chi connectivity index (χ3n) is 4.50. The first-order valence-electron chi connectivity index (χ1n) is 9.53. The monoisotopic (exact) mass is 442 g/mol. The number of ether oxygens (including phenoxy) is 3. The SMILES string of the molecule is CCOC(=O)c1c(-c2ccc(F)cc2)csc1NC(=O)CNc1ccc2c(c1)OCO2. The van der Waals surface area contributed by atoms with Crippen LogP contribution < -0.4 is 20.1 Å². The molecule has 1 amide bonds. The topological polar surface area (TPSA) is 85.9 Å². The van der Waals surface area contributed by atoms with Crippen molar-refractivity contribution in [3.05, 3.63) is 59.2 Å². The molecule has 2 N–H and O–H groups in total. The van der Waals surface area contributed by atoms with Crippen molar-refractivity contribution in [1.29, 1.82) is 0 Å². The number of anilines is 2. The van der Waals surface area contributed by atoms with Crippen molar-refractivity contribution in [3.8, 4) is 22.6 Å². The van der Waals surface area contributed by atoms with Crippen molar-refractivity contribution in [3.63, 3.8) is 0 Å². The Labute approximate surface area is 181 Å². The summed E-state index contributed by atoms with van der Waals surface area (Å²) in [5.74, 6) is -0.00389. The van der Waals surface area contributed by atoms with Gasteiger partial charge in [0.1, 0.15) is 16.4 Å². The highest BCUT2D eigenvalue weighted by Crippen LogP contribution is 2.37. The Morgan fingerprint density at radius 3 is 2.68 bits per heavy atom. The largest absolute Gasteiger partial charge is 0.462 e. The molecule has 0 bridgehead atoms. The Kier molecular flexibility index (Phi) is 6.03. The number of amides is 1. The number of carbonyl (C=O) groups is 2. The van der Waals surface area contributed by atoms with E-state index < -0.39 is 5.97 Å². The molecular weight excluding hydrogens is 423 g/mol. The number of thiophene rings is 1. The Hall–Kier alpha value is -3.59. The summed E-state index contributed by atoms with van der Waals surface area (Å²) in [6.45, 7) is 2.04. The van der Waals surface area contributed by atoms with Crippen LogP contribution in [0.1, 0.15) is 17.3 Å². The van der Waals surface area contributed by atoms with Gasteiger partial charge in [0, 0.05) is 22.7 Å². The Bertz CT molecular complexity index is 1110. The molecule has 0 atom stereocenters. The first-order valence-corrected chi connectivity index (χ1v) is 10.4. The number of hydrogen-bond donors (Lipinski definition) is 2. The molecule has 0 saturated heterocycles. The molecule has 4 rings (SSSR count). The predicted molar refractivity (Wildman–Crippen MR) is 115 cm³/mol. The van der Waals surface area contributed by atoms with E-state index >= 15 is 0 Å². The lowest BCUT2D eigenvalue weighted by atomic mass is 10.0. The average Bonchev–Trinajstić information content (AvgIpc) is 3.39. The molecule has 31 heavy (non-hydrogen) atoms. The Morgan fingerprint density at radius 2 is 1.90 bits per heavy atom. The summed E-state index contributed by atoms with van der Waals surface area (Å²) in [7, 11) is 0. The normalized spacial score (nSPS) is 11.8. The quantitative estimate of drug-likeness (QED) is 0.524. The summed E-state index contributed by atoms with van der Waals surface area (Å²) in [6, 6.07) is 11.1. The number of esters is 1. The van der Waals surface area contributed by atoms with Gasteiger partial charge < -0.3 is 24.8 Å². The third kappa shape index (κ3) is 4.61. The van der Waals surface area contributed by atoms with Crippen LogP contribution in [-0.4, -0.2) is 31.8 Å². The maximum absolute atomic E-state index is 13.3. The number of hydrogen-bond acceptors (Lipinski definition) is 7. The highest BCUT2D eigenvalue weighted by Gasteiger charge is 2.23. The van der Waals surface area contributed by atoms with Gasteiger partial charge in [-0.15, -0.1) is 11.3 Å². The van der Waals surface area contributed by atoms with Crippen molar-refractivity contribution < 1.29 is 28.2 Å². The first-order chi connectivity index (χ1) is 15.0. The van der Waals surface area contributed by atoms with Gasteiger partial charge in [0.05, 0.1) is 13.2 Å². The number of rotatable bonds is 7.